The van der Waals surface area contributed by atoms with Gasteiger partial charge in [-0.1, -0.05) is 26.2 Å². The van der Waals surface area contributed by atoms with E-state index in [1.54, 1.807) is 19.2 Å². The predicted molar refractivity (Wildman–Crippen MR) is 68.9 cm³/mol. The van der Waals surface area contributed by atoms with Gasteiger partial charge in [0.1, 0.15) is 11.6 Å². The third-order valence-corrected chi connectivity index (χ3v) is 3.01. The van der Waals surface area contributed by atoms with Crippen molar-refractivity contribution in [2.75, 3.05) is 14.2 Å². The maximum Gasteiger partial charge on any atom is 0.123 e. The Morgan fingerprint density at radius 2 is 2.12 bits per heavy atom. The van der Waals surface area contributed by atoms with E-state index in [2.05, 4.69) is 12.2 Å². The van der Waals surface area contributed by atoms with Crippen LogP contribution < -0.4 is 10.1 Å². The molecule has 0 radical (unpaired) electrons. The molecule has 0 amide bonds. The maximum absolute atomic E-state index is 13.3. The first-order valence-corrected chi connectivity index (χ1v) is 6.23. The summed E-state index contributed by atoms with van der Waals surface area (Å²) in [5.74, 6) is 0.541. The fraction of sp³-hybridized carbons (Fsp3) is 0.571. The van der Waals surface area contributed by atoms with E-state index >= 15 is 0 Å². The van der Waals surface area contributed by atoms with Crippen molar-refractivity contribution in [2.24, 2.45) is 0 Å². The first kappa shape index (κ1) is 14.0. The molecule has 0 aliphatic heterocycles. The second-order valence-electron chi connectivity index (χ2n) is 4.22. The van der Waals surface area contributed by atoms with Crippen molar-refractivity contribution in [1.29, 1.82) is 0 Å². The summed E-state index contributed by atoms with van der Waals surface area (Å²) in [5, 5.41) is 3.23. The van der Waals surface area contributed by atoms with Gasteiger partial charge in [-0.05, 0) is 31.7 Å². The Balaban J connectivity index is 2.82. The highest BCUT2D eigenvalue weighted by atomic mass is 19.1. The maximum atomic E-state index is 13.3. The molecule has 0 heterocycles. The minimum Gasteiger partial charge on any atom is -0.496 e. The second-order valence-corrected chi connectivity index (χ2v) is 4.22. The van der Waals surface area contributed by atoms with Gasteiger partial charge in [-0.15, -0.1) is 0 Å². The highest BCUT2D eigenvalue weighted by Gasteiger charge is 2.14. The molecule has 0 aliphatic rings. The molecule has 2 nitrogen and oxygen atoms in total. The van der Waals surface area contributed by atoms with E-state index in [4.69, 9.17) is 4.74 Å². The van der Waals surface area contributed by atoms with Crippen molar-refractivity contribution in [2.45, 2.75) is 38.6 Å². The Labute approximate surface area is 103 Å². The number of nitrogens with one attached hydrogen (secondary N) is 1. The number of rotatable bonds is 7. The molecular weight excluding hydrogens is 217 g/mol. The van der Waals surface area contributed by atoms with Crippen LogP contribution in [0.15, 0.2) is 18.2 Å². The van der Waals surface area contributed by atoms with E-state index in [0.29, 0.717) is 0 Å². The van der Waals surface area contributed by atoms with E-state index in [0.717, 1.165) is 24.2 Å². The second kappa shape index (κ2) is 7.28. The number of hydrogen-bond donors (Lipinski definition) is 1. The molecule has 0 fully saturated rings. The molecule has 0 bridgehead atoms. The predicted octanol–water partition coefficient (Wildman–Crippen LogP) is 3.68. The molecule has 0 aromatic heterocycles. The molecule has 0 spiro atoms. The quantitative estimate of drug-likeness (QED) is 0.733. The molecule has 0 saturated carbocycles. The molecule has 1 aromatic carbocycles. The standard InChI is InChI=1S/C14H22FNO/c1-4-5-6-7-13(16-2)12-10-11(15)8-9-14(12)17-3/h8-10,13,16H,4-7H2,1-3H3. The first-order chi connectivity index (χ1) is 8.22. The van der Waals surface area contributed by atoms with Gasteiger partial charge in [-0.3, -0.25) is 0 Å². The summed E-state index contributed by atoms with van der Waals surface area (Å²) in [5.41, 5.74) is 0.908. The summed E-state index contributed by atoms with van der Waals surface area (Å²) in [6.45, 7) is 2.18. The van der Waals surface area contributed by atoms with Crippen LogP contribution in [0.1, 0.15) is 44.2 Å². The van der Waals surface area contributed by atoms with Crippen molar-refractivity contribution in [3.8, 4) is 5.75 Å². The number of hydrogen-bond acceptors (Lipinski definition) is 2. The van der Waals surface area contributed by atoms with Crippen LogP contribution in [0, 0.1) is 5.82 Å². The van der Waals surface area contributed by atoms with E-state index in [1.807, 2.05) is 7.05 Å². The van der Waals surface area contributed by atoms with Crippen LogP contribution in [0.25, 0.3) is 0 Å². The average molecular weight is 239 g/mol. The fourth-order valence-electron chi connectivity index (χ4n) is 2.03. The van der Waals surface area contributed by atoms with E-state index in [1.165, 1.54) is 18.9 Å². The van der Waals surface area contributed by atoms with Crippen LogP contribution in [0.2, 0.25) is 0 Å². The van der Waals surface area contributed by atoms with Crippen molar-refractivity contribution >= 4 is 0 Å². The minimum atomic E-state index is -0.212. The Morgan fingerprint density at radius 3 is 2.71 bits per heavy atom. The lowest BCUT2D eigenvalue weighted by Crippen LogP contribution is -2.17. The molecule has 1 aromatic rings. The van der Waals surface area contributed by atoms with Crippen LogP contribution in [0.3, 0.4) is 0 Å². The van der Waals surface area contributed by atoms with Crippen molar-refractivity contribution in [3.63, 3.8) is 0 Å². The molecule has 3 heteroatoms. The Kier molecular flexibility index (Phi) is 5.98. The Bertz CT molecular complexity index is 341. The van der Waals surface area contributed by atoms with Gasteiger partial charge >= 0.3 is 0 Å². The summed E-state index contributed by atoms with van der Waals surface area (Å²) < 4.78 is 18.6. The van der Waals surface area contributed by atoms with Gasteiger partial charge in [0.25, 0.3) is 0 Å². The van der Waals surface area contributed by atoms with Gasteiger partial charge in [0.2, 0.25) is 0 Å². The molecule has 96 valence electrons. The molecule has 1 rings (SSSR count). The summed E-state index contributed by atoms with van der Waals surface area (Å²) in [7, 11) is 3.52. The number of methoxy groups -OCH3 is 1. The molecule has 1 N–H and O–H groups in total. The van der Waals surface area contributed by atoms with Crippen molar-refractivity contribution in [3.05, 3.63) is 29.6 Å². The third-order valence-electron chi connectivity index (χ3n) is 3.01. The van der Waals surface area contributed by atoms with Crippen LogP contribution in [0.4, 0.5) is 4.39 Å². The zero-order chi connectivity index (χ0) is 12.7. The van der Waals surface area contributed by atoms with E-state index < -0.39 is 0 Å². The highest BCUT2D eigenvalue weighted by Crippen LogP contribution is 2.29. The van der Waals surface area contributed by atoms with Crippen LogP contribution >= 0.6 is 0 Å². The van der Waals surface area contributed by atoms with E-state index in [-0.39, 0.29) is 11.9 Å². The number of ether oxygens (including phenoxy) is 1. The van der Waals surface area contributed by atoms with Gasteiger partial charge in [0.15, 0.2) is 0 Å². The lowest BCUT2D eigenvalue weighted by molar-refractivity contribution is 0.395. The van der Waals surface area contributed by atoms with Gasteiger partial charge in [0, 0.05) is 11.6 Å². The first-order valence-electron chi connectivity index (χ1n) is 6.23. The zero-order valence-corrected chi connectivity index (χ0v) is 10.9. The zero-order valence-electron chi connectivity index (χ0n) is 10.9. The number of halogens is 1. The number of unbranched alkanes of at least 4 members (excludes halogenated alkanes) is 2. The summed E-state index contributed by atoms with van der Waals surface area (Å²) >= 11 is 0. The van der Waals surface area contributed by atoms with Crippen molar-refractivity contribution < 1.29 is 9.13 Å². The number of benzene rings is 1. The third kappa shape index (κ3) is 4.00. The molecule has 0 aliphatic carbocycles. The molecular formula is C14H22FNO. The Hall–Kier alpha value is -1.09. The van der Waals surface area contributed by atoms with Crippen LogP contribution in [-0.2, 0) is 0 Å². The fourth-order valence-corrected chi connectivity index (χ4v) is 2.03. The van der Waals surface area contributed by atoms with Gasteiger partial charge in [-0.25, -0.2) is 4.39 Å². The van der Waals surface area contributed by atoms with Crippen molar-refractivity contribution in [1.82, 2.24) is 5.32 Å². The van der Waals surface area contributed by atoms with Gasteiger partial charge < -0.3 is 10.1 Å². The van der Waals surface area contributed by atoms with Crippen LogP contribution in [-0.4, -0.2) is 14.2 Å². The Morgan fingerprint density at radius 1 is 1.35 bits per heavy atom. The lowest BCUT2D eigenvalue weighted by atomic mass is 9.99. The highest BCUT2D eigenvalue weighted by molar-refractivity contribution is 5.36. The summed E-state index contributed by atoms with van der Waals surface area (Å²) in [4.78, 5) is 0. The topological polar surface area (TPSA) is 21.3 Å². The van der Waals surface area contributed by atoms with Crippen LogP contribution in [0.5, 0.6) is 5.75 Å². The molecule has 0 saturated heterocycles. The molecule has 1 unspecified atom stereocenters. The van der Waals surface area contributed by atoms with E-state index in [9.17, 15) is 4.39 Å². The van der Waals surface area contributed by atoms with Gasteiger partial charge in [-0.2, -0.15) is 0 Å². The molecule has 1 atom stereocenters. The lowest BCUT2D eigenvalue weighted by Gasteiger charge is -2.19. The van der Waals surface area contributed by atoms with Gasteiger partial charge in [0.05, 0.1) is 7.11 Å². The largest absolute Gasteiger partial charge is 0.496 e. The monoisotopic (exact) mass is 239 g/mol. The minimum absolute atomic E-state index is 0.159. The normalized spacial score (nSPS) is 12.5. The smallest absolute Gasteiger partial charge is 0.123 e. The summed E-state index contributed by atoms with van der Waals surface area (Å²) in [6.07, 6.45) is 4.54. The SMILES string of the molecule is CCCCCC(NC)c1cc(F)ccc1OC. The molecule has 17 heavy (non-hydrogen) atoms. The average Bonchev–Trinajstić information content (AvgIpc) is 2.35. The summed E-state index contributed by atoms with van der Waals surface area (Å²) in [6, 6.07) is 4.84.